The van der Waals surface area contributed by atoms with Crippen molar-refractivity contribution in [1.29, 1.82) is 0 Å². The molecule has 0 saturated heterocycles. The van der Waals surface area contributed by atoms with Gasteiger partial charge in [0.2, 0.25) is 5.91 Å². The van der Waals surface area contributed by atoms with Crippen molar-refractivity contribution in [1.82, 2.24) is 25.1 Å². The van der Waals surface area contributed by atoms with E-state index in [9.17, 15) is 4.79 Å². The molecule has 0 bridgehead atoms. The fourth-order valence-corrected chi connectivity index (χ4v) is 3.57. The van der Waals surface area contributed by atoms with Gasteiger partial charge < -0.3 is 5.32 Å². The summed E-state index contributed by atoms with van der Waals surface area (Å²) in [5, 5.41) is 12.4. The minimum atomic E-state index is -0.00272. The maximum Gasteiger partial charge on any atom is 0.230 e. The van der Waals surface area contributed by atoms with Gasteiger partial charge in [-0.2, -0.15) is 0 Å². The van der Waals surface area contributed by atoms with Crippen molar-refractivity contribution in [2.45, 2.75) is 44.8 Å². The molecule has 1 aromatic carbocycles. The van der Waals surface area contributed by atoms with Gasteiger partial charge in [0.15, 0.2) is 11.0 Å². The predicted octanol–water partition coefficient (Wildman–Crippen LogP) is 3.90. The van der Waals surface area contributed by atoms with E-state index in [0.29, 0.717) is 16.7 Å². The molecule has 2 aromatic heterocycles. The van der Waals surface area contributed by atoms with Crippen molar-refractivity contribution in [3.8, 4) is 17.2 Å². The van der Waals surface area contributed by atoms with Crippen molar-refractivity contribution in [3.63, 3.8) is 0 Å². The van der Waals surface area contributed by atoms with Crippen LogP contribution >= 0.6 is 11.8 Å². The quantitative estimate of drug-likeness (QED) is 0.586. The van der Waals surface area contributed by atoms with Crippen LogP contribution < -0.4 is 5.32 Å². The van der Waals surface area contributed by atoms with Crippen LogP contribution in [0.1, 0.15) is 32.8 Å². The van der Waals surface area contributed by atoms with Crippen molar-refractivity contribution in [2.24, 2.45) is 0 Å². The lowest BCUT2D eigenvalue weighted by atomic mass is 10.1. The lowest BCUT2D eigenvalue weighted by molar-refractivity contribution is -0.119. The predicted molar refractivity (Wildman–Crippen MR) is 113 cm³/mol. The first-order valence-electron chi connectivity index (χ1n) is 9.51. The highest BCUT2D eigenvalue weighted by atomic mass is 32.2. The van der Waals surface area contributed by atoms with Crippen LogP contribution in [0.25, 0.3) is 17.2 Å². The molecular weight excluding hydrogens is 370 g/mol. The third-order valence-corrected chi connectivity index (χ3v) is 5.42. The molecule has 0 aliphatic carbocycles. The highest BCUT2D eigenvalue weighted by Gasteiger charge is 2.19. The van der Waals surface area contributed by atoms with E-state index in [4.69, 9.17) is 0 Å². The number of benzene rings is 1. The number of hydrogen-bond acceptors (Lipinski definition) is 5. The zero-order valence-electron chi connectivity index (χ0n) is 16.4. The normalized spacial score (nSPS) is 12.0. The van der Waals surface area contributed by atoms with Crippen LogP contribution in [-0.2, 0) is 11.2 Å². The first-order valence-corrected chi connectivity index (χ1v) is 10.5. The average Bonchev–Trinajstić information content (AvgIpc) is 3.16. The molecule has 0 saturated carbocycles. The Balaban J connectivity index is 1.97. The van der Waals surface area contributed by atoms with Crippen molar-refractivity contribution in [3.05, 3.63) is 54.2 Å². The summed E-state index contributed by atoms with van der Waals surface area (Å²) in [6.45, 7) is 6.17. The Kier molecular flexibility index (Phi) is 6.81. The highest BCUT2D eigenvalue weighted by Crippen LogP contribution is 2.28. The molecule has 0 aliphatic rings. The average molecular weight is 396 g/mol. The number of carbonyl (C=O) groups is 1. The van der Waals surface area contributed by atoms with E-state index >= 15 is 0 Å². The Morgan fingerprint density at radius 2 is 1.93 bits per heavy atom. The maximum atomic E-state index is 12.2. The smallest absolute Gasteiger partial charge is 0.230 e. The molecule has 0 unspecified atom stereocenters. The Bertz CT molecular complexity index is 926. The van der Waals surface area contributed by atoms with E-state index in [-0.39, 0.29) is 11.9 Å². The summed E-state index contributed by atoms with van der Waals surface area (Å²) in [6.07, 6.45) is 3.53. The molecule has 0 fully saturated rings. The number of para-hydroxylation sites is 1. The first kappa shape index (κ1) is 20.1. The lowest BCUT2D eigenvalue weighted by Gasteiger charge is -2.14. The number of aryl methyl sites for hydroxylation is 1. The van der Waals surface area contributed by atoms with Crippen LogP contribution in [0.2, 0.25) is 0 Å². The van der Waals surface area contributed by atoms with Gasteiger partial charge in [-0.05, 0) is 43.5 Å². The third-order valence-electron chi connectivity index (χ3n) is 4.49. The zero-order chi connectivity index (χ0) is 19.9. The fourth-order valence-electron chi connectivity index (χ4n) is 2.82. The third kappa shape index (κ3) is 4.59. The molecule has 6 nitrogen and oxygen atoms in total. The van der Waals surface area contributed by atoms with Crippen LogP contribution in [0.3, 0.4) is 0 Å². The maximum absolute atomic E-state index is 12.2. The van der Waals surface area contributed by atoms with Gasteiger partial charge >= 0.3 is 0 Å². The zero-order valence-corrected chi connectivity index (χ0v) is 17.2. The molecule has 0 radical (unpaired) electrons. The molecule has 3 aromatic rings. The standard InChI is InChI=1S/C21H25N5OS/c1-4-15(3)23-19(27)14-28-21-25-24-20(17-11-8-9-13-22-17)26(21)18-12-7-6-10-16(18)5-2/h6-13,15H,4-5,14H2,1-3H3,(H,23,27)/t15-/m0/s1. The van der Waals surface area contributed by atoms with Gasteiger partial charge in [-0.15, -0.1) is 10.2 Å². The summed E-state index contributed by atoms with van der Waals surface area (Å²) in [4.78, 5) is 16.7. The van der Waals surface area contributed by atoms with E-state index in [2.05, 4.69) is 46.5 Å². The second kappa shape index (κ2) is 9.50. The number of amides is 1. The number of aromatic nitrogens is 4. The summed E-state index contributed by atoms with van der Waals surface area (Å²) in [7, 11) is 0. The molecule has 3 rings (SSSR count). The minimum absolute atomic E-state index is 0.00272. The number of rotatable bonds is 8. The van der Waals surface area contributed by atoms with Gasteiger partial charge in [0, 0.05) is 12.2 Å². The van der Waals surface area contributed by atoms with Crippen molar-refractivity contribution in [2.75, 3.05) is 5.75 Å². The first-order chi connectivity index (χ1) is 13.6. The topological polar surface area (TPSA) is 72.7 Å². The van der Waals surface area contributed by atoms with E-state index in [0.717, 1.165) is 24.2 Å². The summed E-state index contributed by atoms with van der Waals surface area (Å²) in [6, 6.07) is 14.1. The van der Waals surface area contributed by atoms with E-state index in [1.807, 2.05) is 41.8 Å². The van der Waals surface area contributed by atoms with Crippen LogP contribution in [-0.4, -0.2) is 37.5 Å². The second-order valence-corrected chi connectivity index (χ2v) is 7.45. The number of nitrogens with one attached hydrogen (secondary N) is 1. The molecular formula is C21H25N5OS. The summed E-state index contributed by atoms with van der Waals surface area (Å²) < 4.78 is 2.00. The van der Waals surface area contributed by atoms with Gasteiger partial charge in [-0.3, -0.25) is 14.3 Å². The highest BCUT2D eigenvalue weighted by molar-refractivity contribution is 7.99. The number of pyridine rings is 1. The van der Waals surface area contributed by atoms with E-state index in [1.54, 1.807) is 6.20 Å². The lowest BCUT2D eigenvalue weighted by Crippen LogP contribution is -2.33. The Morgan fingerprint density at radius 1 is 1.14 bits per heavy atom. The summed E-state index contributed by atoms with van der Waals surface area (Å²) in [5.74, 6) is 0.960. The molecule has 7 heteroatoms. The molecule has 1 N–H and O–H groups in total. The molecule has 146 valence electrons. The van der Waals surface area contributed by atoms with E-state index in [1.165, 1.54) is 17.3 Å². The van der Waals surface area contributed by atoms with Crippen molar-refractivity contribution >= 4 is 17.7 Å². The minimum Gasteiger partial charge on any atom is -0.353 e. The molecule has 0 aliphatic heterocycles. The Hall–Kier alpha value is -2.67. The molecule has 0 spiro atoms. The second-order valence-electron chi connectivity index (χ2n) is 6.50. The number of carbonyl (C=O) groups excluding carboxylic acids is 1. The van der Waals surface area contributed by atoms with Crippen LogP contribution in [0, 0.1) is 0 Å². The Labute approximate surface area is 169 Å². The number of nitrogens with zero attached hydrogens (tertiary/aromatic N) is 4. The van der Waals surface area contributed by atoms with E-state index < -0.39 is 0 Å². The molecule has 2 heterocycles. The van der Waals surface area contributed by atoms with Crippen LogP contribution in [0.4, 0.5) is 0 Å². The molecule has 1 amide bonds. The largest absolute Gasteiger partial charge is 0.353 e. The van der Waals surface area contributed by atoms with Gasteiger partial charge in [0.1, 0.15) is 5.69 Å². The van der Waals surface area contributed by atoms with Gasteiger partial charge in [-0.25, -0.2) is 0 Å². The molecule has 28 heavy (non-hydrogen) atoms. The van der Waals surface area contributed by atoms with Crippen molar-refractivity contribution < 1.29 is 4.79 Å². The van der Waals surface area contributed by atoms with Gasteiger partial charge in [0.05, 0.1) is 11.4 Å². The fraction of sp³-hybridized carbons (Fsp3) is 0.333. The Morgan fingerprint density at radius 3 is 2.64 bits per heavy atom. The van der Waals surface area contributed by atoms with Crippen LogP contribution in [0.15, 0.2) is 53.8 Å². The SMILES string of the molecule is CCc1ccccc1-n1c(SCC(=O)N[C@@H](C)CC)nnc1-c1ccccn1. The summed E-state index contributed by atoms with van der Waals surface area (Å²) >= 11 is 1.39. The summed E-state index contributed by atoms with van der Waals surface area (Å²) in [5.41, 5.74) is 2.95. The molecule has 1 atom stereocenters. The monoisotopic (exact) mass is 395 g/mol. The number of hydrogen-bond donors (Lipinski definition) is 1. The van der Waals surface area contributed by atoms with Crippen LogP contribution in [0.5, 0.6) is 0 Å². The van der Waals surface area contributed by atoms with Gasteiger partial charge in [0.25, 0.3) is 0 Å². The van der Waals surface area contributed by atoms with Gasteiger partial charge in [-0.1, -0.05) is 49.9 Å². The number of thioether (sulfide) groups is 1.